The van der Waals surface area contributed by atoms with E-state index in [0.717, 1.165) is 24.6 Å². The lowest BCUT2D eigenvalue weighted by molar-refractivity contribution is 0.352. The molecule has 1 fully saturated rings. The molecule has 0 amide bonds. The molecule has 3 nitrogen and oxygen atoms in total. The van der Waals surface area contributed by atoms with E-state index in [4.69, 9.17) is 9.47 Å². The maximum absolute atomic E-state index is 5.46. The Morgan fingerprint density at radius 3 is 2.16 bits per heavy atom. The van der Waals surface area contributed by atoms with Crippen LogP contribution in [0.4, 0.5) is 0 Å². The molecule has 0 aliphatic carbocycles. The molecular formula is C16H25NO2. The molecule has 0 atom stereocenters. The van der Waals surface area contributed by atoms with Crippen molar-refractivity contribution in [3.05, 3.63) is 23.3 Å². The molecule has 106 valence electrons. The fourth-order valence-corrected chi connectivity index (χ4v) is 2.90. The Balaban J connectivity index is 2.43. The van der Waals surface area contributed by atoms with Crippen LogP contribution in [0.25, 0.3) is 0 Å². The molecule has 0 aromatic heterocycles. The van der Waals surface area contributed by atoms with Gasteiger partial charge in [-0.1, -0.05) is 13.8 Å². The highest BCUT2D eigenvalue weighted by molar-refractivity contribution is 5.49. The van der Waals surface area contributed by atoms with Gasteiger partial charge in [0, 0.05) is 0 Å². The lowest BCUT2D eigenvalue weighted by Crippen LogP contribution is -2.27. The minimum absolute atomic E-state index is 0.504. The van der Waals surface area contributed by atoms with E-state index in [1.165, 1.54) is 24.0 Å². The van der Waals surface area contributed by atoms with Gasteiger partial charge >= 0.3 is 0 Å². The van der Waals surface area contributed by atoms with Crippen molar-refractivity contribution in [2.75, 3.05) is 27.3 Å². The Bertz CT molecular complexity index is 423. The lowest BCUT2D eigenvalue weighted by Gasteiger charge is -2.27. The van der Waals surface area contributed by atoms with Gasteiger partial charge < -0.3 is 14.8 Å². The van der Waals surface area contributed by atoms with Crippen molar-refractivity contribution in [3.8, 4) is 11.5 Å². The van der Waals surface area contributed by atoms with Gasteiger partial charge in [-0.15, -0.1) is 0 Å². The second kappa shape index (κ2) is 6.29. The molecule has 1 saturated heterocycles. The van der Waals surface area contributed by atoms with Gasteiger partial charge in [-0.25, -0.2) is 0 Å². The fourth-order valence-electron chi connectivity index (χ4n) is 2.90. The number of ether oxygens (including phenoxy) is 2. The summed E-state index contributed by atoms with van der Waals surface area (Å²) in [6.07, 6.45) is 2.41. The van der Waals surface area contributed by atoms with E-state index in [1.807, 2.05) is 0 Å². The number of rotatable bonds is 4. The molecule has 2 rings (SSSR count). The zero-order valence-electron chi connectivity index (χ0n) is 12.5. The lowest BCUT2D eigenvalue weighted by atomic mass is 9.83. The zero-order chi connectivity index (χ0) is 13.8. The van der Waals surface area contributed by atoms with E-state index in [0.29, 0.717) is 11.8 Å². The summed E-state index contributed by atoms with van der Waals surface area (Å²) in [5.74, 6) is 2.83. The predicted molar refractivity (Wildman–Crippen MR) is 78.5 cm³/mol. The van der Waals surface area contributed by atoms with Crippen LogP contribution in [0.1, 0.15) is 49.7 Å². The molecule has 0 unspecified atom stereocenters. The molecule has 0 saturated carbocycles. The molecule has 0 spiro atoms. The van der Waals surface area contributed by atoms with Gasteiger partial charge in [-0.05, 0) is 61.0 Å². The van der Waals surface area contributed by atoms with Crippen LogP contribution in [-0.2, 0) is 0 Å². The minimum atomic E-state index is 0.504. The van der Waals surface area contributed by atoms with Crippen LogP contribution in [0.5, 0.6) is 11.5 Å². The number of hydrogen-bond acceptors (Lipinski definition) is 3. The predicted octanol–water partition coefficient (Wildman–Crippen LogP) is 3.29. The smallest absolute Gasteiger partial charge is 0.161 e. The highest BCUT2D eigenvalue weighted by Crippen LogP contribution is 2.39. The second-order valence-corrected chi connectivity index (χ2v) is 5.52. The summed E-state index contributed by atoms with van der Waals surface area (Å²) in [7, 11) is 3.41. The van der Waals surface area contributed by atoms with E-state index in [2.05, 4.69) is 31.3 Å². The van der Waals surface area contributed by atoms with Gasteiger partial charge in [-0.2, -0.15) is 0 Å². The summed E-state index contributed by atoms with van der Waals surface area (Å²) in [5, 5.41) is 3.43. The maximum Gasteiger partial charge on any atom is 0.161 e. The van der Waals surface area contributed by atoms with Gasteiger partial charge in [0.05, 0.1) is 14.2 Å². The van der Waals surface area contributed by atoms with Gasteiger partial charge in [0.15, 0.2) is 11.5 Å². The van der Waals surface area contributed by atoms with Crippen LogP contribution in [0.2, 0.25) is 0 Å². The average Bonchev–Trinajstić information content (AvgIpc) is 2.46. The summed E-state index contributed by atoms with van der Waals surface area (Å²) in [4.78, 5) is 0. The number of methoxy groups -OCH3 is 2. The van der Waals surface area contributed by atoms with Crippen LogP contribution < -0.4 is 14.8 Å². The maximum atomic E-state index is 5.46. The first-order chi connectivity index (χ1) is 9.17. The Labute approximate surface area is 116 Å². The average molecular weight is 263 g/mol. The van der Waals surface area contributed by atoms with Gasteiger partial charge in [-0.3, -0.25) is 0 Å². The van der Waals surface area contributed by atoms with E-state index in [9.17, 15) is 0 Å². The molecule has 3 heteroatoms. The molecule has 0 radical (unpaired) electrons. The Morgan fingerprint density at radius 2 is 1.63 bits per heavy atom. The SMILES string of the molecule is COc1cc(C(C)C)c(C2CCNCC2)cc1OC. The number of benzene rings is 1. The first-order valence-electron chi connectivity index (χ1n) is 7.14. The first kappa shape index (κ1) is 14.2. The van der Waals surface area contributed by atoms with Crippen LogP contribution in [0.15, 0.2) is 12.1 Å². The molecule has 1 aromatic rings. The Morgan fingerprint density at radius 1 is 1.05 bits per heavy atom. The molecule has 1 heterocycles. The fraction of sp³-hybridized carbons (Fsp3) is 0.625. The highest BCUT2D eigenvalue weighted by atomic mass is 16.5. The van der Waals surface area contributed by atoms with Crippen LogP contribution in [0.3, 0.4) is 0 Å². The molecule has 1 aliphatic rings. The topological polar surface area (TPSA) is 30.5 Å². The highest BCUT2D eigenvalue weighted by Gasteiger charge is 2.22. The summed E-state index contributed by atoms with van der Waals surface area (Å²) >= 11 is 0. The first-order valence-corrected chi connectivity index (χ1v) is 7.14. The van der Waals surface area contributed by atoms with Crippen molar-refractivity contribution in [1.29, 1.82) is 0 Å². The molecule has 0 bridgehead atoms. The van der Waals surface area contributed by atoms with E-state index >= 15 is 0 Å². The van der Waals surface area contributed by atoms with Crippen LogP contribution >= 0.6 is 0 Å². The van der Waals surface area contributed by atoms with Gasteiger partial charge in [0.1, 0.15) is 0 Å². The largest absolute Gasteiger partial charge is 0.493 e. The van der Waals surface area contributed by atoms with Crippen molar-refractivity contribution in [2.45, 2.75) is 38.5 Å². The summed E-state index contributed by atoms with van der Waals surface area (Å²) in [5.41, 5.74) is 2.83. The van der Waals surface area contributed by atoms with Crippen molar-refractivity contribution < 1.29 is 9.47 Å². The summed E-state index contributed by atoms with van der Waals surface area (Å²) < 4.78 is 10.9. The molecule has 1 aromatic carbocycles. The quantitative estimate of drug-likeness (QED) is 0.904. The minimum Gasteiger partial charge on any atom is -0.493 e. The van der Waals surface area contributed by atoms with Crippen molar-refractivity contribution >= 4 is 0 Å². The Hall–Kier alpha value is -1.22. The normalized spacial score (nSPS) is 16.7. The van der Waals surface area contributed by atoms with Gasteiger partial charge in [0.2, 0.25) is 0 Å². The van der Waals surface area contributed by atoms with Gasteiger partial charge in [0.25, 0.3) is 0 Å². The Kier molecular flexibility index (Phi) is 4.70. The second-order valence-electron chi connectivity index (χ2n) is 5.52. The summed E-state index contributed by atoms with van der Waals surface area (Å²) in [6.45, 7) is 6.70. The monoisotopic (exact) mass is 263 g/mol. The molecular weight excluding hydrogens is 238 g/mol. The molecule has 1 aliphatic heterocycles. The zero-order valence-corrected chi connectivity index (χ0v) is 12.5. The number of hydrogen-bond donors (Lipinski definition) is 1. The third-order valence-corrected chi connectivity index (χ3v) is 3.99. The molecule has 19 heavy (non-hydrogen) atoms. The number of nitrogens with one attached hydrogen (secondary N) is 1. The number of piperidine rings is 1. The standard InChI is InChI=1S/C16H25NO2/c1-11(2)13-9-15(18-3)16(19-4)10-14(13)12-5-7-17-8-6-12/h9-12,17H,5-8H2,1-4H3. The van der Waals surface area contributed by atoms with Crippen molar-refractivity contribution in [1.82, 2.24) is 5.32 Å². The summed E-state index contributed by atoms with van der Waals surface area (Å²) in [6, 6.07) is 4.34. The van der Waals surface area contributed by atoms with Crippen molar-refractivity contribution in [2.24, 2.45) is 0 Å². The van der Waals surface area contributed by atoms with Crippen LogP contribution in [-0.4, -0.2) is 27.3 Å². The third kappa shape index (κ3) is 3.03. The molecule has 1 N–H and O–H groups in total. The van der Waals surface area contributed by atoms with E-state index < -0.39 is 0 Å². The van der Waals surface area contributed by atoms with Crippen molar-refractivity contribution in [3.63, 3.8) is 0 Å². The van der Waals surface area contributed by atoms with E-state index in [-0.39, 0.29) is 0 Å². The third-order valence-electron chi connectivity index (χ3n) is 3.99. The van der Waals surface area contributed by atoms with E-state index in [1.54, 1.807) is 14.2 Å². The van der Waals surface area contributed by atoms with Crippen LogP contribution in [0, 0.1) is 0 Å².